The molecule has 5 heteroatoms. The normalized spacial score (nSPS) is 15.0. The van der Waals surface area contributed by atoms with Crippen LogP contribution in [0.5, 0.6) is 0 Å². The van der Waals surface area contributed by atoms with E-state index in [0.717, 1.165) is 0 Å². The summed E-state index contributed by atoms with van der Waals surface area (Å²) < 4.78 is 14.6. The zero-order valence-corrected chi connectivity index (χ0v) is 4.62. The van der Waals surface area contributed by atoms with E-state index in [1.807, 2.05) is 0 Å². The van der Waals surface area contributed by atoms with Crippen LogP contribution in [0.2, 0.25) is 0 Å². The summed E-state index contributed by atoms with van der Waals surface area (Å²) in [4.78, 5) is 0. The first kappa shape index (κ1) is 7.43. The molecule has 0 spiro atoms. The van der Waals surface area contributed by atoms with Crippen molar-refractivity contribution in [1.82, 2.24) is 0 Å². The maximum Gasteiger partial charge on any atom is 0.339 e. The van der Waals surface area contributed by atoms with E-state index in [-0.39, 0.29) is 0 Å². The number of rotatable bonds is 2. The predicted octanol–water partition coefficient (Wildman–Crippen LogP) is 1.45. The lowest BCUT2D eigenvalue weighted by molar-refractivity contribution is -0.216. The Bertz CT molecular complexity index is 43.0. The van der Waals surface area contributed by atoms with E-state index in [2.05, 4.69) is 4.74 Å². The second kappa shape index (κ2) is 3.43. The second-order valence-corrected chi connectivity index (χ2v) is 1.69. The zero-order valence-electron chi connectivity index (χ0n) is 3.11. The van der Waals surface area contributed by atoms with Gasteiger partial charge >= 0.3 is 6.54 Å². The smallest absolute Gasteiger partial charge is 0.291 e. The quantitative estimate of drug-likeness (QED) is 0.430. The zero-order chi connectivity index (χ0) is 5.86. The minimum atomic E-state index is -2.64. The summed E-state index contributed by atoms with van der Waals surface area (Å²) >= 11 is 9.55. The Kier molecular flexibility index (Phi) is 3.65. The molecule has 0 aliphatic heterocycles. The van der Waals surface area contributed by atoms with E-state index < -0.39 is 11.6 Å². The molecule has 1 atom stereocenters. The van der Waals surface area contributed by atoms with Gasteiger partial charge in [-0.3, -0.25) is 4.74 Å². The van der Waals surface area contributed by atoms with Gasteiger partial charge in [0.1, 0.15) is 0 Å². The van der Waals surface area contributed by atoms with Crippen LogP contribution in [0.3, 0.4) is 0 Å². The first-order valence-electron chi connectivity index (χ1n) is 1.36. The van der Waals surface area contributed by atoms with Crippen LogP contribution in [0.15, 0.2) is 0 Å². The maximum absolute atomic E-state index is 11.0. The maximum atomic E-state index is 11.0. The van der Waals surface area contributed by atoms with Gasteiger partial charge in [-0.15, -0.1) is 0 Å². The highest BCUT2D eigenvalue weighted by Crippen LogP contribution is 2.05. The molecule has 0 fully saturated rings. The molecule has 43 valence electrons. The van der Waals surface area contributed by atoms with Crippen LogP contribution in [0.4, 0.5) is 4.39 Å². The third-order valence-corrected chi connectivity index (χ3v) is 0.416. The topological polar surface area (TPSA) is 29.1 Å². The molecule has 1 unspecified atom stereocenters. The van der Waals surface area contributed by atoms with Gasteiger partial charge in [0.15, 0.2) is 0 Å². The van der Waals surface area contributed by atoms with E-state index in [9.17, 15) is 9.50 Å². The molecule has 0 amide bonds. The monoisotopic (exact) mass is 147 g/mol. The Morgan fingerprint density at radius 3 is 2.00 bits per heavy atom. The van der Waals surface area contributed by atoms with Crippen LogP contribution in [0.25, 0.3) is 0 Å². The number of hydrogen-bond donors (Lipinski definition) is 0. The highest BCUT2D eigenvalue weighted by molar-refractivity contribution is 6.43. The number of halogens is 3. The summed E-state index contributed by atoms with van der Waals surface area (Å²) in [6.07, 6.45) is 0. The van der Waals surface area contributed by atoms with Crippen LogP contribution in [0.1, 0.15) is 0 Å². The molecule has 2 nitrogen and oxygen atoms in total. The summed E-state index contributed by atoms with van der Waals surface area (Å²) in [6.45, 7) is -2.64. The summed E-state index contributed by atoms with van der Waals surface area (Å²) in [5.41, 5.74) is 0. The molecule has 0 aliphatic rings. The van der Waals surface area contributed by atoms with Crippen molar-refractivity contribution >= 4 is 23.2 Å². The minimum Gasteiger partial charge on any atom is -0.291 e. The van der Waals surface area contributed by atoms with E-state index in [1.165, 1.54) is 0 Å². The highest BCUT2D eigenvalue weighted by atomic mass is 35.5. The summed E-state index contributed by atoms with van der Waals surface area (Å²) in [5, 5.41) is 7.91. The molecule has 0 bridgehead atoms. The molecular weight excluding hydrogens is 146 g/mol. The fraction of sp³-hybridized carbons (Fsp3) is 1.00. The van der Waals surface area contributed by atoms with Crippen molar-refractivity contribution in [3.8, 4) is 0 Å². The van der Waals surface area contributed by atoms with Crippen LogP contribution >= 0.6 is 23.2 Å². The fourth-order valence-electron chi connectivity index (χ4n) is 0.0809. The molecule has 1 radical (unpaired) electrons. The molecule has 0 aromatic rings. The van der Waals surface area contributed by atoms with Crippen molar-refractivity contribution in [2.24, 2.45) is 0 Å². The molecule has 0 saturated heterocycles. The first-order chi connectivity index (χ1) is 3.13. The first-order valence-corrected chi connectivity index (χ1v) is 2.23. The van der Waals surface area contributed by atoms with Crippen molar-refractivity contribution < 1.29 is 14.2 Å². The Balaban J connectivity index is 2.95. The van der Waals surface area contributed by atoms with E-state index >= 15 is 0 Å². The van der Waals surface area contributed by atoms with Gasteiger partial charge in [-0.1, -0.05) is 23.2 Å². The van der Waals surface area contributed by atoms with Crippen molar-refractivity contribution in [1.29, 1.82) is 0 Å². The van der Waals surface area contributed by atoms with Gasteiger partial charge in [0.2, 0.25) is 5.02 Å². The lowest BCUT2D eigenvalue weighted by atomic mass is 11.3. The Morgan fingerprint density at radius 2 is 2.00 bits per heavy atom. The standard InChI is InChI=1S/C2H2Cl2FO2/c3-1(4)7-2(5)6/h1-2H. The molecule has 0 aliphatic carbocycles. The van der Waals surface area contributed by atoms with Crippen molar-refractivity contribution in [3.05, 3.63) is 0 Å². The third kappa shape index (κ3) is 6.43. The van der Waals surface area contributed by atoms with Gasteiger partial charge in [0.05, 0.1) is 0 Å². The van der Waals surface area contributed by atoms with Crippen LogP contribution in [-0.4, -0.2) is 11.6 Å². The van der Waals surface area contributed by atoms with E-state index in [0.29, 0.717) is 0 Å². The molecular formula is C2H2Cl2FO2. The Hall–Kier alpha value is 0.430. The second-order valence-electron chi connectivity index (χ2n) is 0.671. The van der Waals surface area contributed by atoms with Gasteiger partial charge in [0.25, 0.3) is 0 Å². The summed E-state index contributed by atoms with van der Waals surface area (Å²) in [5.74, 6) is 0. The predicted molar refractivity (Wildman–Crippen MR) is 22.2 cm³/mol. The third-order valence-electron chi connectivity index (χ3n) is 0.210. The lowest BCUT2D eigenvalue weighted by Gasteiger charge is -1.98. The minimum absolute atomic E-state index is 1.37. The SMILES string of the molecule is [O]C(F)OC(Cl)Cl. The molecule has 0 saturated carbocycles. The largest absolute Gasteiger partial charge is 0.339 e. The molecule has 0 aromatic heterocycles. The Morgan fingerprint density at radius 1 is 1.57 bits per heavy atom. The van der Waals surface area contributed by atoms with Crippen LogP contribution < -0.4 is 0 Å². The number of hydrogen-bond acceptors (Lipinski definition) is 1. The van der Waals surface area contributed by atoms with Gasteiger partial charge in [-0.25, -0.2) is 0 Å². The average Bonchev–Trinajstić information content (AvgIpc) is 1.27. The molecule has 0 aromatic carbocycles. The average molecular weight is 148 g/mol. The molecule has 0 N–H and O–H groups in total. The van der Waals surface area contributed by atoms with Gasteiger partial charge < -0.3 is 0 Å². The van der Waals surface area contributed by atoms with Crippen molar-refractivity contribution in [3.63, 3.8) is 0 Å². The van der Waals surface area contributed by atoms with E-state index in [1.54, 1.807) is 0 Å². The molecule has 0 heterocycles. The van der Waals surface area contributed by atoms with E-state index in [4.69, 9.17) is 23.2 Å². The van der Waals surface area contributed by atoms with Crippen molar-refractivity contribution in [2.45, 2.75) is 11.6 Å². The van der Waals surface area contributed by atoms with Crippen LogP contribution in [-0.2, 0) is 9.84 Å². The molecule has 7 heavy (non-hydrogen) atoms. The number of alkyl halides is 3. The van der Waals surface area contributed by atoms with Gasteiger partial charge in [0, 0.05) is 0 Å². The van der Waals surface area contributed by atoms with Gasteiger partial charge in [-0.2, -0.15) is 9.50 Å². The Labute approximate surface area is 49.8 Å². The fourth-order valence-corrected chi connectivity index (χ4v) is 0.243. The number of ether oxygens (including phenoxy) is 1. The van der Waals surface area contributed by atoms with Crippen LogP contribution in [0, 0.1) is 0 Å². The van der Waals surface area contributed by atoms with Crippen molar-refractivity contribution in [2.75, 3.05) is 0 Å². The summed E-state index contributed by atoms with van der Waals surface area (Å²) in [7, 11) is 0. The highest BCUT2D eigenvalue weighted by Gasteiger charge is 2.05. The summed E-state index contributed by atoms with van der Waals surface area (Å²) in [6, 6.07) is 0. The van der Waals surface area contributed by atoms with Gasteiger partial charge in [-0.05, 0) is 0 Å². The lowest BCUT2D eigenvalue weighted by Crippen LogP contribution is -2.05. The molecule has 0 rings (SSSR count).